The Morgan fingerprint density at radius 3 is 2.27 bits per heavy atom. The number of amides is 1. The van der Waals surface area contributed by atoms with E-state index in [0.717, 1.165) is 26.2 Å². The number of halogens is 1. The third-order valence-corrected chi connectivity index (χ3v) is 5.29. The van der Waals surface area contributed by atoms with E-state index >= 15 is 0 Å². The number of hydrogen-bond acceptors (Lipinski definition) is 1. The molecule has 4 nitrogen and oxygen atoms in total. The van der Waals surface area contributed by atoms with Gasteiger partial charge in [0.25, 0.3) is 5.91 Å². The first-order chi connectivity index (χ1) is 12.5. The van der Waals surface area contributed by atoms with Crippen LogP contribution in [0.2, 0.25) is 0 Å². The maximum atomic E-state index is 13.1. The summed E-state index contributed by atoms with van der Waals surface area (Å²) < 4.78 is 13.1. The minimum Gasteiger partial charge on any atom is -0.346 e. The summed E-state index contributed by atoms with van der Waals surface area (Å²) in [6, 6.07) is 14.5. The van der Waals surface area contributed by atoms with Crippen molar-refractivity contribution in [3.8, 4) is 0 Å². The average molecular weight is 357 g/mol. The Bertz CT molecular complexity index is 722. The van der Waals surface area contributed by atoms with Gasteiger partial charge in [-0.2, -0.15) is 0 Å². The Balaban J connectivity index is 1.71. The molecule has 26 heavy (non-hydrogen) atoms. The normalized spacial score (nSPS) is 21.2. The number of carbonyl (C=O) groups excluding carboxylic acids is 1. The molecule has 0 unspecified atom stereocenters. The molecule has 1 heterocycles. The molecule has 0 aromatic heterocycles. The number of rotatable bonds is 5. The summed E-state index contributed by atoms with van der Waals surface area (Å²) in [5.41, 5.74) is 2.98. The van der Waals surface area contributed by atoms with E-state index in [1.807, 2.05) is 0 Å². The van der Waals surface area contributed by atoms with Crippen LogP contribution in [0.5, 0.6) is 0 Å². The fourth-order valence-electron chi connectivity index (χ4n) is 3.54. The minimum absolute atomic E-state index is 0.152. The Morgan fingerprint density at radius 2 is 1.65 bits per heavy atom. The average Bonchev–Trinajstić information content (AvgIpc) is 2.65. The van der Waals surface area contributed by atoms with Crippen molar-refractivity contribution < 1.29 is 19.0 Å². The number of benzene rings is 2. The van der Waals surface area contributed by atoms with Gasteiger partial charge in [-0.05, 0) is 31.2 Å². The van der Waals surface area contributed by atoms with Gasteiger partial charge in [-0.25, -0.2) is 4.39 Å². The molecule has 1 saturated heterocycles. The highest BCUT2D eigenvalue weighted by molar-refractivity contribution is 5.94. The summed E-state index contributed by atoms with van der Waals surface area (Å²) in [5.74, 6) is -0.482. The SMILES string of the molecule is Cc1ccc([C@@H](CNC(=O)c2ccc(F)cc2)[NH+]2CC[NH+](C)CC2)cc1. The fraction of sp³-hybridized carbons (Fsp3) is 0.381. The Kier molecular flexibility index (Phi) is 6.01. The highest BCUT2D eigenvalue weighted by atomic mass is 19.1. The van der Waals surface area contributed by atoms with Crippen molar-refractivity contribution in [2.75, 3.05) is 39.8 Å². The van der Waals surface area contributed by atoms with Gasteiger partial charge in [0.2, 0.25) is 0 Å². The van der Waals surface area contributed by atoms with Crippen molar-refractivity contribution in [2.45, 2.75) is 13.0 Å². The van der Waals surface area contributed by atoms with E-state index in [-0.39, 0.29) is 17.8 Å². The lowest BCUT2D eigenvalue weighted by Gasteiger charge is -2.33. The van der Waals surface area contributed by atoms with Gasteiger partial charge in [0.15, 0.2) is 0 Å². The quantitative estimate of drug-likeness (QED) is 0.694. The Morgan fingerprint density at radius 1 is 1.04 bits per heavy atom. The van der Waals surface area contributed by atoms with Crippen LogP contribution in [0.1, 0.15) is 27.5 Å². The third-order valence-electron chi connectivity index (χ3n) is 5.29. The smallest absolute Gasteiger partial charge is 0.251 e. The van der Waals surface area contributed by atoms with Gasteiger partial charge in [0, 0.05) is 11.1 Å². The second-order valence-electron chi connectivity index (χ2n) is 7.30. The number of carbonyl (C=O) groups is 1. The lowest BCUT2D eigenvalue weighted by atomic mass is 10.0. The number of hydrogen-bond donors (Lipinski definition) is 3. The Labute approximate surface area is 154 Å². The number of quaternary nitrogens is 2. The molecule has 1 aliphatic rings. The molecule has 3 N–H and O–H groups in total. The third kappa shape index (κ3) is 4.68. The fourth-order valence-corrected chi connectivity index (χ4v) is 3.54. The van der Waals surface area contributed by atoms with Gasteiger partial charge in [-0.15, -0.1) is 0 Å². The molecule has 1 atom stereocenters. The lowest BCUT2D eigenvalue weighted by Crippen LogP contribution is -3.27. The predicted octanol–water partition coefficient (Wildman–Crippen LogP) is 0.0184. The zero-order valence-electron chi connectivity index (χ0n) is 15.5. The molecule has 2 aromatic rings. The van der Waals surface area contributed by atoms with Gasteiger partial charge in [-0.1, -0.05) is 29.8 Å². The van der Waals surface area contributed by atoms with Gasteiger partial charge < -0.3 is 15.1 Å². The molecule has 0 spiro atoms. The molecule has 1 aliphatic heterocycles. The van der Waals surface area contributed by atoms with Crippen molar-refractivity contribution in [1.29, 1.82) is 0 Å². The molecule has 1 fully saturated rings. The van der Waals surface area contributed by atoms with Crippen LogP contribution in [0.15, 0.2) is 48.5 Å². The van der Waals surface area contributed by atoms with E-state index in [1.165, 1.54) is 40.3 Å². The molecular formula is C21H28FN3O+2. The van der Waals surface area contributed by atoms with Crippen LogP contribution in [0, 0.1) is 12.7 Å². The van der Waals surface area contributed by atoms with E-state index < -0.39 is 0 Å². The summed E-state index contributed by atoms with van der Waals surface area (Å²) in [5, 5.41) is 3.05. The predicted molar refractivity (Wildman–Crippen MR) is 100.0 cm³/mol. The second-order valence-corrected chi connectivity index (χ2v) is 7.30. The van der Waals surface area contributed by atoms with Crippen LogP contribution in [0.25, 0.3) is 0 Å². The largest absolute Gasteiger partial charge is 0.346 e. The Hall–Kier alpha value is -2.24. The number of nitrogens with one attached hydrogen (secondary N) is 3. The van der Waals surface area contributed by atoms with E-state index in [9.17, 15) is 9.18 Å². The van der Waals surface area contributed by atoms with E-state index in [2.05, 4.69) is 43.6 Å². The van der Waals surface area contributed by atoms with Crippen LogP contribution < -0.4 is 15.1 Å². The van der Waals surface area contributed by atoms with Gasteiger partial charge in [0.05, 0.1) is 13.6 Å². The minimum atomic E-state index is -0.330. The number of aryl methyl sites for hydroxylation is 1. The summed E-state index contributed by atoms with van der Waals surface area (Å²) in [6.45, 7) is 7.13. The first-order valence-electron chi connectivity index (χ1n) is 9.29. The summed E-state index contributed by atoms with van der Waals surface area (Å²) in [6.07, 6.45) is 0. The van der Waals surface area contributed by atoms with E-state index in [4.69, 9.17) is 0 Å². The molecular weight excluding hydrogens is 329 g/mol. The van der Waals surface area contributed by atoms with Gasteiger partial charge in [0.1, 0.15) is 38.0 Å². The summed E-state index contributed by atoms with van der Waals surface area (Å²) >= 11 is 0. The maximum absolute atomic E-state index is 13.1. The van der Waals surface area contributed by atoms with E-state index in [1.54, 1.807) is 4.90 Å². The van der Waals surface area contributed by atoms with Crippen molar-refractivity contribution in [3.63, 3.8) is 0 Å². The first kappa shape index (κ1) is 18.5. The van der Waals surface area contributed by atoms with E-state index in [0.29, 0.717) is 12.1 Å². The zero-order valence-corrected chi connectivity index (χ0v) is 15.5. The molecule has 138 valence electrons. The molecule has 0 bridgehead atoms. The van der Waals surface area contributed by atoms with Crippen LogP contribution in [0.3, 0.4) is 0 Å². The highest BCUT2D eigenvalue weighted by Gasteiger charge is 2.29. The first-order valence-corrected chi connectivity index (χ1v) is 9.29. The van der Waals surface area contributed by atoms with Crippen molar-refractivity contribution in [3.05, 3.63) is 71.0 Å². The molecule has 1 amide bonds. The van der Waals surface area contributed by atoms with Crippen molar-refractivity contribution in [1.82, 2.24) is 5.32 Å². The zero-order chi connectivity index (χ0) is 18.5. The molecule has 0 aliphatic carbocycles. The summed E-state index contributed by atoms with van der Waals surface area (Å²) in [4.78, 5) is 15.5. The molecule has 0 radical (unpaired) electrons. The number of piperazine rings is 1. The molecule has 2 aromatic carbocycles. The van der Waals surface area contributed by atoms with Crippen molar-refractivity contribution >= 4 is 5.91 Å². The monoisotopic (exact) mass is 357 g/mol. The number of likely N-dealkylation sites (N-methyl/N-ethyl adjacent to an activating group) is 1. The molecule has 3 rings (SSSR count). The van der Waals surface area contributed by atoms with Gasteiger partial charge in [-0.3, -0.25) is 4.79 Å². The van der Waals surface area contributed by atoms with Crippen LogP contribution in [0.4, 0.5) is 4.39 Å². The topological polar surface area (TPSA) is 38.0 Å². The van der Waals surface area contributed by atoms with Crippen LogP contribution >= 0.6 is 0 Å². The lowest BCUT2D eigenvalue weighted by molar-refractivity contribution is -1.02. The van der Waals surface area contributed by atoms with Crippen molar-refractivity contribution in [2.24, 2.45) is 0 Å². The standard InChI is InChI=1S/C21H26FN3O/c1-16-3-5-17(6-4-16)20(25-13-11-24(2)12-14-25)15-23-21(26)18-7-9-19(22)10-8-18/h3-10,20H,11-15H2,1-2H3,(H,23,26)/p+2/t20-/m1/s1. The van der Waals surface area contributed by atoms with Gasteiger partial charge >= 0.3 is 0 Å². The summed E-state index contributed by atoms with van der Waals surface area (Å²) in [7, 11) is 2.23. The van der Waals surface area contributed by atoms with Crippen LogP contribution in [-0.2, 0) is 0 Å². The molecule has 0 saturated carbocycles. The second kappa shape index (κ2) is 8.43. The molecule has 5 heteroatoms. The van der Waals surface area contributed by atoms with Crippen LogP contribution in [-0.4, -0.2) is 45.7 Å². The maximum Gasteiger partial charge on any atom is 0.251 e. The highest BCUT2D eigenvalue weighted by Crippen LogP contribution is 2.11.